The lowest BCUT2D eigenvalue weighted by atomic mass is 9.82. The predicted octanol–water partition coefficient (Wildman–Crippen LogP) is 6.23. The fourth-order valence-corrected chi connectivity index (χ4v) is 2.89. The van der Waals surface area contributed by atoms with Crippen LogP contribution in [0.3, 0.4) is 0 Å². The molecule has 0 radical (unpaired) electrons. The van der Waals surface area contributed by atoms with Crippen molar-refractivity contribution in [2.24, 2.45) is 5.92 Å². The molecule has 1 aromatic rings. The largest absolute Gasteiger partial charge is 0.508 e. The number of phenols is 1. The fraction of sp³-hybridized carbons (Fsp3) is 0.700. The number of hydrogen-bond donors (Lipinski definition) is 1. The molecule has 1 rings (SSSR count). The summed E-state index contributed by atoms with van der Waals surface area (Å²) in [6.07, 6.45) is 8.79. The van der Waals surface area contributed by atoms with Crippen LogP contribution < -0.4 is 0 Å². The molecule has 0 spiro atoms. The van der Waals surface area contributed by atoms with Gasteiger partial charge in [0, 0.05) is 0 Å². The minimum Gasteiger partial charge on any atom is -0.508 e. The van der Waals surface area contributed by atoms with E-state index in [0.29, 0.717) is 5.75 Å². The Morgan fingerprint density at radius 1 is 1.05 bits per heavy atom. The fourth-order valence-electron chi connectivity index (χ4n) is 2.89. The average molecular weight is 290 g/mol. The van der Waals surface area contributed by atoms with Crippen molar-refractivity contribution in [3.05, 3.63) is 29.3 Å². The molecule has 0 amide bonds. The smallest absolute Gasteiger partial charge is 0.119 e. The number of unbranched alkanes of at least 4 members (excludes halogenated alkanes) is 3. The highest BCUT2D eigenvalue weighted by molar-refractivity contribution is 5.42. The van der Waals surface area contributed by atoms with Crippen LogP contribution in [0.5, 0.6) is 5.75 Å². The van der Waals surface area contributed by atoms with Crippen molar-refractivity contribution in [1.29, 1.82) is 0 Å². The van der Waals surface area contributed by atoms with E-state index >= 15 is 0 Å². The maximum absolute atomic E-state index is 10.2. The lowest BCUT2D eigenvalue weighted by Crippen LogP contribution is -2.14. The highest BCUT2D eigenvalue weighted by Crippen LogP contribution is 2.32. The maximum Gasteiger partial charge on any atom is 0.119 e. The molecule has 0 fully saturated rings. The molecule has 0 aliphatic heterocycles. The van der Waals surface area contributed by atoms with Crippen LogP contribution in [0, 0.1) is 5.92 Å². The van der Waals surface area contributed by atoms with E-state index in [4.69, 9.17) is 0 Å². The number of hydrogen-bond acceptors (Lipinski definition) is 1. The van der Waals surface area contributed by atoms with Gasteiger partial charge in [-0.15, -0.1) is 0 Å². The summed E-state index contributed by atoms with van der Waals surface area (Å²) in [7, 11) is 0. The molecule has 21 heavy (non-hydrogen) atoms. The van der Waals surface area contributed by atoms with Gasteiger partial charge in [0.2, 0.25) is 0 Å². The molecule has 1 aromatic carbocycles. The van der Waals surface area contributed by atoms with Gasteiger partial charge in [-0.05, 0) is 41.4 Å². The molecule has 0 heterocycles. The summed E-state index contributed by atoms with van der Waals surface area (Å²) >= 11 is 0. The third-order valence-electron chi connectivity index (χ3n) is 4.53. The van der Waals surface area contributed by atoms with Crippen molar-refractivity contribution in [2.45, 2.75) is 85.0 Å². The first-order valence-corrected chi connectivity index (χ1v) is 8.67. The van der Waals surface area contributed by atoms with E-state index in [0.717, 1.165) is 17.9 Å². The highest BCUT2D eigenvalue weighted by Gasteiger charge is 2.19. The van der Waals surface area contributed by atoms with E-state index < -0.39 is 0 Å². The van der Waals surface area contributed by atoms with Crippen molar-refractivity contribution in [1.82, 2.24) is 0 Å². The molecule has 1 atom stereocenters. The predicted molar refractivity (Wildman–Crippen MR) is 93.1 cm³/mol. The van der Waals surface area contributed by atoms with Gasteiger partial charge in [-0.2, -0.15) is 0 Å². The van der Waals surface area contributed by atoms with Gasteiger partial charge in [-0.1, -0.05) is 78.9 Å². The van der Waals surface area contributed by atoms with Crippen LogP contribution in [0.4, 0.5) is 0 Å². The zero-order valence-electron chi connectivity index (χ0n) is 14.7. The third-order valence-corrected chi connectivity index (χ3v) is 4.53. The summed E-state index contributed by atoms with van der Waals surface area (Å²) in [6.45, 7) is 11.3. The molecule has 0 aromatic heterocycles. The number of aromatic hydroxyl groups is 1. The van der Waals surface area contributed by atoms with Gasteiger partial charge in [-0.25, -0.2) is 0 Å². The van der Waals surface area contributed by atoms with Crippen LogP contribution in [0.15, 0.2) is 18.2 Å². The first-order valence-electron chi connectivity index (χ1n) is 8.67. The molecule has 0 bridgehead atoms. The highest BCUT2D eigenvalue weighted by atomic mass is 16.3. The minimum atomic E-state index is 0.102. The Kier molecular flexibility index (Phi) is 7.28. The van der Waals surface area contributed by atoms with Crippen LogP contribution in [0.1, 0.15) is 84.3 Å². The second-order valence-corrected chi connectivity index (χ2v) is 7.52. The molecule has 1 N–H and O–H groups in total. The monoisotopic (exact) mass is 290 g/mol. The molecule has 1 heteroatoms. The van der Waals surface area contributed by atoms with Crippen molar-refractivity contribution >= 4 is 0 Å². The second-order valence-electron chi connectivity index (χ2n) is 7.52. The number of rotatable bonds is 8. The SMILES string of the molecule is CCC(C)CCCCCCc1c(O)cccc1C(C)(C)C. The lowest BCUT2D eigenvalue weighted by Gasteiger charge is -2.23. The minimum absolute atomic E-state index is 0.102. The number of benzene rings is 1. The van der Waals surface area contributed by atoms with E-state index in [1.54, 1.807) is 0 Å². The van der Waals surface area contributed by atoms with Gasteiger partial charge in [0.15, 0.2) is 0 Å². The first kappa shape index (κ1) is 18.1. The van der Waals surface area contributed by atoms with Gasteiger partial charge in [0.25, 0.3) is 0 Å². The molecule has 0 saturated carbocycles. The molecule has 0 aliphatic carbocycles. The van der Waals surface area contributed by atoms with Crippen LogP contribution in [0.25, 0.3) is 0 Å². The Hall–Kier alpha value is -0.980. The molecule has 0 saturated heterocycles. The van der Waals surface area contributed by atoms with Crippen molar-refractivity contribution in [2.75, 3.05) is 0 Å². The van der Waals surface area contributed by atoms with Gasteiger partial charge in [-0.3, -0.25) is 0 Å². The molecular weight excluding hydrogens is 256 g/mol. The Balaban J connectivity index is 2.45. The van der Waals surface area contributed by atoms with Crippen LogP contribution in [-0.4, -0.2) is 5.11 Å². The Morgan fingerprint density at radius 2 is 1.71 bits per heavy atom. The van der Waals surface area contributed by atoms with Gasteiger partial charge >= 0.3 is 0 Å². The molecule has 0 aliphatic rings. The van der Waals surface area contributed by atoms with E-state index in [1.807, 2.05) is 12.1 Å². The summed E-state index contributed by atoms with van der Waals surface area (Å²) in [5.41, 5.74) is 2.55. The summed E-state index contributed by atoms with van der Waals surface area (Å²) in [6, 6.07) is 5.96. The van der Waals surface area contributed by atoms with Crippen molar-refractivity contribution < 1.29 is 5.11 Å². The molecule has 1 unspecified atom stereocenters. The zero-order chi connectivity index (χ0) is 15.9. The van der Waals surface area contributed by atoms with E-state index in [1.165, 1.54) is 44.1 Å². The van der Waals surface area contributed by atoms with Gasteiger partial charge < -0.3 is 5.11 Å². The second kappa shape index (κ2) is 8.46. The van der Waals surface area contributed by atoms with E-state index in [2.05, 4.69) is 40.7 Å². The standard InChI is InChI=1S/C20H34O/c1-6-16(2)12-9-7-8-10-13-17-18(20(3,4)5)14-11-15-19(17)21/h11,14-16,21H,6-10,12-13H2,1-5H3. The normalized spacial score (nSPS) is 13.4. The summed E-state index contributed by atoms with van der Waals surface area (Å²) < 4.78 is 0. The van der Waals surface area contributed by atoms with E-state index in [9.17, 15) is 5.11 Å². The number of phenolic OH excluding ortho intramolecular Hbond substituents is 1. The van der Waals surface area contributed by atoms with Crippen LogP contribution >= 0.6 is 0 Å². The third kappa shape index (κ3) is 6.11. The van der Waals surface area contributed by atoms with Crippen molar-refractivity contribution in [3.8, 4) is 5.75 Å². The lowest BCUT2D eigenvalue weighted by molar-refractivity contribution is 0.455. The topological polar surface area (TPSA) is 20.2 Å². The van der Waals surface area contributed by atoms with Crippen LogP contribution in [-0.2, 0) is 11.8 Å². The average Bonchev–Trinajstić information content (AvgIpc) is 2.42. The first-order chi connectivity index (χ1) is 9.86. The Labute approximate surface area is 131 Å². The van der Waals surface area contributed by atoms with Gasteiger partial charge in [0.05, 0.1) is 0 Å². The quantitative estimate of drug-likeness (QED) is 0.563. The maximum atomic E-state index is 10.2. The van der Waals surface area contributed by atoms with E-state index in [-0.39, 0.29) is 5.41 Å². The Morgan fingerprint density at radius 3 is 2.33 bits per heavy atom. The molecular formula is C20H34O. The van der Waals surface area contributed by atoms with Crippen molar-refractivity contribution in [3.63, 3.8) is 0 Å². The molecule has 1 nitrogen and oxygen atoms in total. The summed E-state index contributed by atoms with van der Waals surface area (Å²) in [4.78, 5) is 0. The zero-order valence-corrected chi connectivity index (χ0v) is 14.7. The molecule has 120 valence electrons. The Bertz CT molecular complexity index is 414. The van der Waals surface area contributed by atoms with Gasteiger partial charge in [0.1, 0.15) is 5.75 Å². The summed E-state index contributed by atoms with van der Waals surface area (Å²) in [5.74, 6) is 1.35. The van der Waals surface area contributed by atoms with Crippen LogP contribution in [0.2, 0.25) is 0 Å². The summed E-state index contributed by atoms with van der Waals surface area (Å²) in [5, 5.41) is 10.2.